The molecule has 0 bridgehead atoms. The lowest BCUT2D eigenvalue weighted by Gasteiger charge is -2.46. The second-order valence-corrected chi connectivity index (χ2v) is 11.6. The average Bonchev–Trinajstić information content (AvgIpc) is 3.61. The third-order valence-corrected chi connectivity index (χ3v) is 9.30. The molecule has 1 aliphatic heterocycles. The molecule has 1 heterocycles. The van der Waals surface area contributed by atoms with Gasteiger partial charge in [0.25, 0.3) is 5.91 Å². The minimum Gasteiger partial charge on any atom is -0.381 e. The third-order valence-electron chi connectivity index (χ3n) is 9.02. The van der Waals surface area contributed by atoms with Crippen LogP contribution >= 0.6 is 12.6 Å². The summed E-state index contributed by atoms with van der Waals surface area (Å²) in [6, 6.07) is 14.1. The molecule has 4 aliphatic rings. The van der Waals surface area contributed by atoms with Crippen LogP contribution in [0.4, 0.5) is 4.79 Å². The van der Waals surface area contributed by atoms with E-state index in [0.717, 1.165) is 60.5 Å². The first-order valence-electron chi connectivity index (χ1n) is 13.0. The van der Waals surface area contributed by atoms with Crippen molar-refractivity contribution in [3.8, 4) is 0 Å². The number of hydrogen-bond acceptors (Lipinski definition) is 4. The first-order chi connectivity index (χ1) is 16.9. The number of thiol groups is 1. The fourth-order valence-corrected chi connectivity index (χ4v) is 7.12. The number of nitrogens with zero attached hydrogens (tertiary/aromatic N) is 1. The lowest BCUT2D eigenvalue weighted by molar-refractivity contribution is -0.139. The number of benzene rings is 2. The zero-order valence-corrected chi connectivity index (χ0v) is 21.3. The Morgan fingerprint density at radius 2 is 1.86 bits per heavy atom. The number of hydrogen-bond donors (Lipinski definition) is 2. The number of fused-ring (bicyclic) bond motifs is 3. The van der Waals surface area contributed by atoms with Gasteiger partial charge >= 0.3 is 6.03 Å². The highest BCUT2D eigenvalue weighted by Crippen LogP contribution is 2.60. The van der Waals surface area contributed by atoms with E-state index in [4.69, 9.17) is 4.74 Å². The van der Waals surface area contributed by atoms with Crippen molar-refractivity contribution in [2.75, 3.05) is 7.11 Å². The number of amides is 3. The molecule has 1 atom stereocenters. The Morgan fingerprint density at radius 3 is 2.57 bits per heavy atom. The minimum atomic E-state index is -0.994. The highest BCUT2D eigenvalue weighted by molar-refractivity contribution is 7.80. The van der Waals surface area contributed by atoms with Crippen molar-refractivity contribution in [2.24, 2.45) is 11.3 Å². The summed E-state index contributed by atoms with van der Waals surface area (Å²) in [5.41, 5.74) is 3.13. The molecule has 2 aromatic carbocycles. The summed E-state index contributed by atoms with van der Waals surface area (Å²) in [6.45, 7) is 0.258. The van der Waals surface area contributed by atoms with Crippen LogP contribution < -0.4 is 5.32 Å². The van der Waals surface area contributed by atoms with Crippen LogP contribution in [-0.4, -0.2) is 30.1 Å². The van der Waals surface area contributed by atoms with E-state index in [1.807, 2.05) is 24.3 Å². The lowest BCUT2D eigenvalue weighted by atomic mass is 9.61. The van der Waals surface area contributed by atoms with Crippen molar-refractivity contribution < 1.29 is 14.3 Å². The number of carbonyl (C=O) groups excluding carboxylic acids is 2. The molecular weight excluding hydrogens is 456 g/mol. The van der Waals surface area contributed by atoms with E-state index in [2.05, 4.69) is 36.1 Å². The van der Waals surface area contributed by atoms with Crippen LogP contribution in [0.2, 0.25) is 0 Å². The SMILES string of the molecule is COC1CCC2(CC1)Cc1ccc(CCC3CC3)cc1C21NC(=O)N(Cc2cccc(S)c2)C1=O. The monoisotopic (exact) mass is 490 g/mol. The number of imide groups is 1. The quantitative estimate of drug-likeness (QED) is 0.421. The fourth-order valence-electron chi connectivity index (χ4n) is 6.87. The largest absolute Gasteiger partial charge is 0.381 e. The molecule has 1 N–H and O–H groups in total. The maximum absolute atomic E-state index is 14.4. The van der Waals surface area contributed by atoms with E-state index in [1.54, 1.807) is 7.11 Å². The average molecular weight is 491 g/mol. The van der Waals surface area contributed by atoms with Crippen molar-refractivity contribution in [1.82, 2.24) is 10.2 Å². The molecule has 2 aromatic rings. The number of rotatable bonds is 6. The van der Waals surface area contributed by atoms with Crippen LogP contribution in [0, 0.1) is 11.3 Å². The van der Waals surface area contributed by atoms with Crippen LogP contribution in [0.25, 0.3) is 0 Å². The Labute approximate surface area is 213 Å². The van der Waals surface area contributed by atoms with Crippen molar-refractivity contribution in [3.63, 3.8) is 0 Å². The predicted molar refractivity (Wildman–Crippen MR) is 137 cm³/mol. The lowest BCUT2D eigenvalue weighted by Crippen LogP contribution is -2.56. The molecule has 184 valence electrons. The van der Waals surface area contributed by atoms with Gasteiger partial charge in [0.1, 0.15) is 0 Å². The smallest absolute Gasteiger partial charge is 0.325 e. The summed E-state index contributed by atoms with van der Waals surface area (Å²) < 4.78 is 5.67. The Kier molecular flexibility index (Phi) is 5.72. The van der Waals surface area contributed by atoms with Gasteiger partial charge < -0.3 is 10.1 Å². The first-order valence-corrected chi connectivity index (χ1v) is 13.5. The van der Waals surface area contributed by atoms with Gasteiger partial charge in [-0.15, -0.1) is 12.6 Å². The van der Waals surface area contributed by atoms with E-state index in [-0.39, 0.29) is 30.0 Å². The molecule has 1 saturated heterocycles. The van der Waals surface area contributed by atoms with E-state index >= 15 is 0 Å². The highest BCUT2D eigenvalue weighted by Gasteiger charge is 2.68. The maximum atomic E-state index is 14.4. The Hall–Kier alpha value is -2.31. The summed E-state index contributed by atoms with van der Waals surface area (Å²) in [5, 5.41) is 3.30. The molecule has 0 aromatic heterocycles. The van der Waals surface area contributed by atoms with E-state index in [1.165, 1.54) is 35.3 Å². The van der Waals surface area contributed by atoms with Gasteiger partial charge in [-0.3, -0.25) is 9.69 Å². The molecule has 3 aliphatic carbocycles. The van der Waals surface area contributed by atoms with Gasteiger partial charge in [-0.25, -0.2) is 4.79 Å². The molecule has 3 fully saturated rings. The second-order valence-electron chi connectivity index (χ2n) is 11.1. The summed E-state index contributed by atoms with van der Waals surface area (Å²) in [4.78, 5) is 30.1. The molecule has 2 saturated carbocycles. The van der Waals surface area contributed by atoms with Crippen LogP contribution in [-0.2, 0) is 34.5 Å². The summed E-state index contributed by atoms with van der Waals surface area (Å²) in [6.07, 6.45) is 9.52. The van der Waals surface area contributed by atoms with Crippen LogP contribution in [0.5, 0.6) is 0 Å². The van der Waals surface area contributed by atoms with Crippen LogP contribution in [0.3, 0.4) is 0 Å². The van der Waals surface area contributed by atoms with Crippen molar-refractivity contribution in [3.05, 3.63) is 64.7 Å². The van der Waals surface area contributed by atoms with Gasteiger partial charge in [0.15, 0.2) is 5.54 Å². The topological polar surface area (TPSA) is 58.6 Å². The molecule has 1 unspecified atom stereocenters. The molecule has 0 radical (unpaired) electrons. The Bertz CT molecular complexity index is 1170. The van der Waals surface area contributed by atoms with Gasteiger partial charge in [-0.1, -0.05) is 43.2 Å². The minimum absolute atomic E-state index is 0.0963. The summed E-state index contributed by atoms with van der Waals surface area (Å²) >= 11 is 4.44. The normalized spacial score (nSPS) is 29.8. The molecule has 35 heavy (non-hydrogen) atoms. The van der Waals surface area contributed by atoms with Crippen molar-refractivity contribution in [2.45, 2.75) is 80.9 Å². The third kappa shape index (κ3) is 3.80. The van der Waals surface area contributed by atoms with E-state index < -0.39 is 5.54 Å². The van der Waals surface area contributed by atoms with Gasteiger partial charge in [0.05, 0.1) is 12.6 Å². The van der Waals surface area contributed by atoms with Gasteiger partial charge in [-0.2, -0.15) is 0 Å². The summed E-state index contributed by atoms with van der Waals surface area (Å²) in [5.74, 6) is 0.764. The second kappa shape index (κ2) is 8.67. The molecular formula is C29H34N2O3S. The first kappa shape index (κ1) is 23.1. The number of methoxy groups -OCH3 is 1. The number of urea groups is 1. The van der Waals surface area contributed by atoms with Gasteiger partial charge in [-0.05, 0) is 85.3 Å². The number of carbonyl (C=O) groups is 2. The molecule has 6 rings (SSSR count). The van der Waals surface area contributed by atoms with Crippen LogP contribution in [0.15, 0.2) is 47.4 Å². The van der Waals surface area contributed by atoms with E-state index in [0.29, 0.717) is 0 Å². The standard InChI is InChI=1S/C29H34N2O3S/c1-34-23-11-13-28(14-12-23)17-22-10-9-20(8-7-19-5-6-19)16-25(22)29(28)26(32)31(27(33)30-29)18-21-3-2-4-24(35)15-21/h2-4,9-10,15-16,19,23,35H,5-8,11-14,17-18H2,1H3,(H,30,33). The molecule has 3 amide bonds. The number of nitrogens with one attached hydrogen (secondary N) is 1. The van der Waals surface area contributed by atoms with Crippen molar-refractivity contribution >= 4 is 24.6 Å². The Balaban J connectivity index is 1.39. The Morgan fingerprint density at radius 1 is 1.06 bits per heavy atom. The van der Waals surface area contributed by atoms with Crippen LogP contribution in [0.1, 0.15) is 67.2 Å². The van der Waals surface area contributed by atoms with Gasteiger partial charge in [0, 0.05) is 17.4 Å². The molecule has 2 spiro atoms. The molecule has 5 nitrogen and oxygen atoms in total. The van der Waals surface area contributed by atoms with Crippen molar-refractivity contribution in [1.29, 1.82) is 0 Å². The number of aryl methyl sites for hydroxylation is 1. The van der Waals surface area contributed by atoms with Gasteiger partial charge in [0.2, 0.25) is 0 Å². The predicted octanol–water partition coefficient (Wildman–Crippen LogP) is 5.40. The van der Waals surface area contributed by atoms with E-state index in [9.17, 15) is 9.59 Å². The number of ether oxygens (including phenoxy) is 1. The maximum Gasteiger partial charge on any atom is 0.325 e. The zero-order valence-electron chi connectivity index (χ0n) is 20.4. The molecule has 6 heteroatoms. The summed E-state index contributed by atoms with van der Waals surface area (Å²) in [7, 11) is 1.77. The zero-order chi connectivity index (χ0) is 24.2. The highest BCUT2D eigenvalue weighted by atomic mass is 32.1. The fraction of sp³-hybridized carbons (Fsp3) is 0.517.